The standard InChI is InChI=1S/C38H51N2O5P/c1-7-44-46(42,45-8-2)38(36(3,4)5,32-13-11-31-21-34(43-6)16-12-30(31)20-32)40-33-14-9-26(10-15-33)25-39-35(41)37-22-27-17-28(23-37)19-29(18-27)24-37/h9-16,20-21,27-29,40H,7-8,17-19,22-25H2,1-6H3,(H,39,41). The summed E-state index contributed by atoms with van der Waals surface area (Å²) < 4.78 is 32.8. The van der Waals surface area contributed by atoms with Gasteiger partial charge in [0, 0.05) is 23.1 Å². The van der Waals surface area contributed by atoms with Crippen LogP contribution in [0.25, 0.3) is 10.8 Å². The van der Waals surface area contributed by atoms with E-state index in [1.54, 1.807) is 7.11 Å². The van der Waals surface area contributed by atoms with Gasteiger partial charge in [-0.25, -0.2) is 0 Å². The molecule has 2 N–H and O–H groups in total. The number of fused-ring (bicyclic) bond motifs is 1. The number of hydrogen-bond acceptors (Lipinski definition) is 6. The van der Waals surface area contributed by atoms with Crippen molar-refractivity contribution in [2.75, 3.05) is 25.6 Å². The molecule has 0 aromatic heterocycles. The maximum absolute atomic E-state index is 15.1. The molecule has 3 aromatic carbocycles. The lowest BCUT2D eigenvalue weighted by Gasteiger charge is -2.55. The van der Waals surface area contributed by atoms with E-state index in [1.165, 1.54) is 19.3 Å². The zero-order valence-electron chi connectivity index (χ0n) is 28.4. The first kappa shape index (κ1) is 33.1. The Kier molecular flexibility index (Phi) is 9.08. The van der Waals surface area contributed by atoms with E-state index in [4.69, 9.17) is 13.8 Å². The molecule has 1 unspecified atom stereocenters. The van der Waals surface area contributed by atoms with E-state index < -0.39 is 18.3 Å². The minimum absolute atomic E-state index is 0.159. The summed E-state index contributed by atoms with van der Waals surface area (Å²) in [7, 11) is -2.16. The zero-order valence-corrected chi connectivity index (χ0v) is 29.3. The van der Waals surface area contributed by atoms with E-state index in [2.05, 4.69) is 37.5 Å². The fourth-order valence-electron chi connectivity index (χ4n) is 9.15. The first-order valence-electron chi connectivity index (χ1n) is 17.1. The number of nitrogens with one attached hydrogen (secondary N) is 2. The van der Waals surface area contributed by atoms with E-state index in [9.17, 15) is 4.79 Å². The minimum atomic E-state index is -3.82. The highest BCUT2D eigenvalue weighted by Gasteiger charge is 2.60. The fourth-order valence-corrected chi connectivity index (χ4v) is 11.8. The van der Waals surface area contributed by atoms with Crippen LogP contribution in [0.1, 0.15) is 84.3 Å². The first-order valence-corrected chi connectivity index (χ1v) is 18.6. The Labute approximate surface area is 274 Å². The van der Waals surface area contributed by atoms with Crippen LogP contribution in [0.3, 0.4) is 0 Å². The third-order valence-corrected chi connectivity index (χ3v) is 13.9. The molecule has 4 saturated carbocycles. The Bertz CT molecular complexity index is 1570. The number of carbonyl (C=O) groups is 1. The average Bonchev–Trinajstić information content (AvgIpc) is 3.01. The van der Waals surface area contributed by atoms with E-state index in [1.807, 2.05) is 68.4 Å². The highest BCUT2D eigenvalue weighted by Crippen LogP contribution is 2.71. The van der Waals surface area contributed by atoms with Crippen molar-refractivity contribution in [2.45, 2.75) is 85.0 Å². The Hall–Kier alpha value is -2.86. The van der Waals surface area contributed by atoms with Gasteiger partial charge in [0.05, 0.1) is 20.3 Å². The van der Waals surface area contributed by atoms with E-state index in [-0.39, 0.29) is 24.5 Å². The molecule has 46 heavy (non-hydrogen) atoms. The summed E-state index contributed by atoms with van der Waals surface area (Å²) in [5.41, 5.74) is 1.86. The molecule has 4 aliphatic rings. The van der Waals surface area contributed by atoms with E-state index >= 15 is 4.57 Å². The number of benzene rings is 3. The van der Waals surface area contributed by atoms with Gasteiger partial charge in [0.1, 0.15) is 5.75 Å². The highest BCUT2D eigenvalue weighted by molar-refractivity contribution is 7.55. The van der Waals surface area contributed by atoms with Crippen LogP contribution in [0.4, 0.5) is 5.69 Å². The van der Waals surface area contributed by atoms with E-state index in [0.717, 1.165) is 70.4 Å². The molecular weight excluding hydrogens is 595 g/mol. The molecule has 0 spiro atoms. The number of carbonyl (C=O) groups excluding carboxylic acids is 1. The number of rotatable bonds is 12. The van der Waals surface area contributed by atoms with Crippen molar-refractivity contribution >= 4 is 30.0 Å². The molecule has 248 valence electrons. The Balaban J connectivity index is 1.29. The van der Waals surface area contributed by atoms with Gasteiger partial charge in [0.15, 0.2) is 5.28 Å². The van der Waals surface area contributed by atoms with Gasteiger partial charge in [-0.3, -0.25) is 9.36 Å². The number of amides is 1. The lowest BCUT2D eigenvalue weighted by atomic mass is 9.49. The predicted octanol–water partition coefficient (Wildman–Crippen LogP) is 9.26. The van der Waals surface area contributed by atoms with E-state index in [0.29, 0.717) is 6.54 Å². The quantitative estimate of drug-likeness (QED) is 0.191. The van der Waals surface area contributed by atoms with Gasteiger partial charge in [-0.1, -0.05) is 51.1 Å². The van der Waals surface area contributed by atoms with Crippen molar-refractivity contribution in [3.05, 3.63) is 71.8 Å². The van der Waals surface area contributed by atoms with Crippen molar-refractivity contribution in [1.29, 1.82) is 0 Å². The van der Waals surface area contributed by atoms with Crippen molar-refractivity contribution < 1.29 is 23.1 Å². The van der Waals surface area contributed by atoms with Gasteiger partial charge in [-0.15, -0.1) is 0 Å². The molecule has 0 saturated heterocycles. The van der Waals surface area contributed by atoms with Crippen LogP contribution in [-0.4, -0.2) is 26.2 Å². The number of methoxy groups -OCH3 is 1. The molecule has 4 bridgehead atoms. The topological polar surface area (TPSA) is 85.9 Å². The summed E-state index contributed by atoms with van der Waals surface area (Å²) in [6.07, 6.45) is 7.15. The smallest absolute Gasteiger partial charge is 0.360 e. The molecule has 3 aromatic rings. The Morgan fingerprint density at radius 2 is 1.41 bits per heavy atom. The minimum Gasteiger partial charge on any atom is -0.497 e. The van der Waals surface area contributed by atoms with Gasteiger partial charge in [0.25, 0.3) is 0 Å². The average molecular weight is 647 g/mol. The molecule has 7 rings (SSSR count). The van der Waals surface area contributed by atoms with Crippen LogP contribution < -0.4 is 15.4 Å². The third kappa shape index (κ3) is 5.88. The molecule has 0 aliphatic heterocycles. The maximum Gasteiger partial charge on any atom is 0.360 e. The molecule has 8 heteroatoms. The lowest BCUT2D eigenvalue weighted by Crippen LogP contribution is -2.53. The van der Waals surface area contributed by atoms with Gasteiger partial charge in [-0.05, 0) is 122 Å². The predicted molar refractivity (Wildman–Crippen MR) is 185 cm³/mol. The van der Waals surface area contributed by atoms with Crippen LogP contribution >= 0.6 is 7.60 Å². The summed E-state index contributed by atoms with van der Waals surface area (Å²) in [6, 6.07) is 20.1. The van der Waals surface area contributed by atoms with Crippen molar-refractivity contribution in [3.63, 3.8) is 0 Å². The Morgan fingerprint density at radius 1 is 0.848 bits per heavy atom. The molecule has 4 fully saturated rings. The summed E-state index contributed by atoms with van der Waals surface area (Å²) in [6.45, 7) is 10.9. The highest BCUT2D eigenvalue weighted by atomic mass is 31.2. The first-order chi connectivity index (χ1) is 21.9. The van der Waals surface area contributed by atoms with Crippen LogP contribution in [0.2, 0.25) is 0 Å². The Morgan fingerprint density at radius 3 is 1.96 bits per heavy atom. The summed E-state index contributed by atoms with van der Waals surface area (Å²) >= 11 is 0. The molecule has 1 amide bonds. The summed E-state index contributed by atoms with van der Waals surface area (Å²) in [5.74, 6) is 3.23. The fraction of sp³-hybridized carbons (Fsp3) is 0.553. The lowest BCUT2D eigenvalue weighted by molar-refractivity contribution is -0.146. The van der Waals surface area contributed by atoms with Crippen molar-refractivity contribution in [1.82, 2.24) is 5.32 Å². The molecular formula is C38H51N2O5P. The molecule has 7 nitrogen and oxygen atoms in total. The largest absolute Gasteiger partial charge is 0.497 e. The van der Waals surface area contributed by atoms with Gasteiger partial charge < -0.3 is 24.4 Å². The zero-order chi connectivity index (χ0) is 32.7. The second-order valence-electron chi connectivity index (χ2n) is 14.9. The third-order valence-electron chi connectivity index (χ3n) is 10.8. The second kappa shape index (κ2) is 12.6. The summed E-state index contributed by atoms with van der Waals surface area (Å²) in [4.78, 5) is 13.6. The van der Waals surface area contributed by atoms with Gasteiger partial charge >= 0.3 is 7.60 Å². The van der Waals surface area contributed by atoms with Crippen LogP contribution in [0.5, 0.6) is 5.75 Å². The normalized spacial score (nSPS) is 25.3. The SMILES string of the molecule is CCOP(=O)(OCC)C(Nc1ccc(CNC(=O)C23CC4CC(CC(C4)C2)C3)cc1)(c1ccc2cc(OC)ccc2c1)C(C)(C)C. The van der Waals surface area contributed by atoms with Crippen molar-refractivity contribution in [2.24, 2.45) is 28.6 Å². The number of ether oxygens (including phenoxy) is 1. The molecule has 0 radical (unpaired) electrons. The number of hydrogen-bond donors (Lipinski definition) is 2. The van der Waals surface area contributed by atoms with Crippen molar-refractivity contribution in [3.8, 4) is 5.75 Å². The summed E-state index contributed by atoms with van der Waals surface area (Å²) in [5, 5.41) is 7.80. The number of anilines is 1. The monoisotopic (exact) mass is 646 g/mol. The molecule has 1 atom stereocenters. The molecule has 4 aliphatic carbocycles. The van der Waals surface area contributed by atoms with Gasteiger partial charge in [0.2, 0.25) is 5.91 Å². The maximum atomic E-state index is 15.1. The van der Waals surface area contributed by atoms with Gasteiger partial charge in [-0.2, -0.15) is 0 Å². The second-order valence-corrected chi connectivity index (χ2v) is 17.1. The van der Waals surface area contributed by atoms with Crippen LogP contribution in [0.15, 0.2) is 60.7 Å². The van der Waals surface area contributed by atoms with Crippen LogP contribution in [-0.2, 0) is 30.2 Å². The van der Waals surface area contributed by atoms with Crippen LogP contribution in [0, 0.1) is 28.6 Å². The molecule has 0 heterocycles.